The number of fused-ring (bicyclic) bond motifs is 1. The normalized spacial score (nSPS) is 11.2. The summed E-state index contributed by atoms with van der Waals surface area (Å²) in [6.07, 6.45) is 2.46. The van der Waals surface area contributed by atoms with Crippen molar-refractivity contribution in [3.63, 3.8) is 0 Å². The second kappa shape index (κ2) is 9.09. The molecule has 9 heteroatoms. The zero-order valence-electron chi connectivity index (χ0n) is 18.5. The van der Waals surface area contributed by atoms with Crippen LogP contribution in [0.1, 0.15) is 25.2 Å². The summed E-state index contributed by atoms with van der Waals surface area (Å²) in [7, 11) is 3.44. The number of nitrogens with one attached hydrogen (secondary N) is 2. The molecule has 4 rings (SSSR count). The zero-order valence-corrected chi connectivity index (χ0v) is 18.5. The molecule has 0 atom stereocenters. The molecule has 0 radical (unpaired) electrons. The van der Waals surface area contributed by atoms with Crippen LogP contribution in [0.4, 0.5) is 0 Å². The number of aryl methyl sites for hydroxylation is 1. The molecule has 2 heterocycles. The number of benzene rings is 2. The SMILES string of the molecule is COc1cc(-c2nc(Cc3ccc4[nH]ncc4c3)n(C)n2)ccc1OCC(=O)NC(C)C. The number of H-pyrrole nitrogens is 1. The van der Waals surface area contributed by atoms with Crippen molar-refractivity contribution in [2.75, 3.05) is 13.7 Å². The van der Waals surface area contributed by atoms with E-state index in [2.05, 4.69) is 32.7 Å². The molecule has 0 aliphatic heterocycles. The molecule has 0 aliphatic carbocycles. The van der Waals surface area contributed by atoms with Gasteiger partial charge in [-0.1, -0.05) is 6.07 Å². The van der Waals surface area contributed by atoms with Crippen molar-refractivity contribution < 1.29 is 14.3 Å². The van der Waals surface area contributed by atoms with E-state index >= 15 is 0 Å². The molecule has 1 amide bonds. The number of hydrogen-bond donors (Lipinski definition) is 2. The lowest BCUT2D eigenvalue weighted by Crippen LogP contribution is -2.34. The molecule has 32 heavy (non-hydrogen) atoms. The number of aromatic nitrogens is 5. The predicted octanol–water partition coefficient (Wildman–Crippen LogP) is 2.86. The molecule has 9 nitrogen and oxygen atoms in total. The molecule has 166 valence electrons. The molecule has 4 aromatic rings. The van der Waals surface area contributed by atoms with E-state index in [1.54, 1.807) is 17.9 Å². The van der Waals surface area contributed by atoms with E-state index in [1.165, 1.54) is 0 Å². The molecule has 2 N–H and O–H groups in total. The van der Waals surface area contributed by atoms with E-state index in [1.807, 2.05) is 45.3 Å². The smallest absolute Gasteiger partial charge is 0.258 e. The number of hydrogen-bond acceptors (Lipinski definition) is 6. The van der Waals surface area contributed by atoms with Gasteiger partial charge in [-0.2, -0.15) is 10.2 Å². The van der Waals surface area contributed by atoms with Crippen molar-refractivity contribution in [2.24, 2.45) is 7.05 Å². The van der Waals surface area contributed by atoms with Crippen molar-refractivity contribution in [3.05, 3.63) is 54.0 Å². The van der Waals surface area contributed by atoms with Gasteiger partial charge in [-0.05, 0) is 49.7 Å². The Morgan fingerprint density at radius 2 is 2.03 bits per heavy atom. The van der Waals surface area contributed by atoms with Crippen LogP contribution in [0.2, 0.25) is 0 Å². The van der Waals surface area contributed by atoms with E-state index < -0.39 is 0 Å². The Bertz CT molecular complexity index is 1240. The summed E-state index contributed by atoms with van der Waals surface area (Å²) in [5.74, 6) is 2.25. The molecule has 2 aromatic carbocycles. The lowest BCUT2D eigenvalue weighted by molar-refractivity contribution is -0.123. The highest BCUT2D eigenvalue weighted by atomic mass is 16.5. The van der Waals surface area contributed by atoms with Crippen LogP contribution >= 0.6 is 0 Å². The first-order chi connectivity index (χ1) is 15.4. The van der Waals surface area contributed by atoms with Crippen LogP contribution in [0.3, 0.4) is 0 Å². The Labute approximate surface area is 185 Å². The van der Waals surface area contributed by atoms with Gasteiger partial charge in [-0.15, -0.1) is 0 Å². The Kier molecular flexibility index (Phi) is 6.07. The molecule has 0 fully saturated rings. The minimum absolute atomic E-state index is 0.0569. The lowest BCUT2D eigenvalue weighted by Gasteiger charge is -2.12. The van der Waals surface area contributed by atoms with E-state index in [0.717, 1.165) is 27.9 Å². The van der Waals surface area contributed by atoms with E-state index in [9.17, 15) is 4.79 Å². The number of methoxy groups -OCH3 is 1. The summed E-state index contributed by atoms with van der Waals surface area (Å²) in [4.78, 5) is 16.6. The first-order valence-corrected chi connectivity index (χ1v) is 10.4. The van der Waals surface area contributed by atoms with Gasteiger partial charge in [0.25, 0.3) is 5.91 Å². The van der Waals surface area contributed by atoms with Crippen LogP contribution in [-0.4, -0.2) is 50.6 Å². The summed E-state index contributed by atoms with van der Waals surface area (Å²) in [5.41, 5.74) is 2.93. The number of ether oxygens (including phenoxy) is 2. The summed E-state index contributed by atoms with van der Waals surface area (Å²) in [6.45, 7) is 3.72. The third-order valence-corrected chi connectivity index (χ3v) is 4.95. The fraction of sp³-hybridized carbons (Fsp3) is 0.304. The summed E-state index contributed by atoms with van der Waals surface area (Å²) < 4.78 is 12.9. The monoisotopic (exact) mass is 434 g/mol. The first-order valence-electron chi connectivity index (χ1n) is 10.4. The van der Waals surface area contributed by atoms with Gasteiger partial charge in [0.1, 0.15) is 5.82 Å². The molecule has 0 saturated carbocycles. The number of aromatic amines is 1. The average molecular weight is 435 g/mol. The van der Waals surface area contributed by atoms with Crippen molar-refractivity contribution >= 4 is 16.8 Å². The van der Waals surface area contributed by atoms with Crippen molar-refractivity contribution in [3.8, 4) is 22.9 Å². The van der Waals surface area contributed by atoms with Crippen molar-refractivity contribution in [1.82, 2.24) is 30.3 Å². The van der Waals surface area contributed by atoms with E-state index in [4.69, 9.17) is 14.5 Å². The molecule has 2 aromatic heterocycles. The molecular weight excluding hydrogens is 408 g/mol. The Morgan fingerprint density at radius 3 is 2.81 bits per heavy atom. The summed E-state index contributed by atoms with van der Waals surface area (Å²) >= 11 is 0. The quantitative estimate of drug-likeness (QED) is 0.442. The van der Waals surface area contributed by atoms with Gasteiger partial charge in [-0.25, -0.2) is 4.98 Å². The van der Waals surface area contributed by atoms with Crippen LogP contribution in [0.25, 0.3) is 22.3 Å². The molecule has 0 aliphatic rings. The first kappa shape index (κ1) is 21.4. The Balaban J connectivity index is 1.51. The minimum atomic E-state index is -0.184. The average Bonchev–Trinajstić information content (AvgIpc) is 3.38. The zero-order chi connectivity index (χ0) is 22.7. The van der Waals surface area contributed by atoms with E-state index in [0.29, 0.717) is 23.7 Å². The number of amides is 1. The minimum Gasteiger partial charge on any atom is -0.493 e. The van der Waals surface area contributed by atoms with Crippen molar-refractivity contribution in [2.45, 2.75) is 26.3 Å². The maximum Gasteiger partial charge on any atom is 0.258 e. The van der Waals surface area contributed by atoms with E-state index in [-0.39, 0.29) is 18.6 Å². The predicted molar refractivity (Wildman–Crippen MR) is 121 cm³/mol. The second-order valence-corrected chi connectivity index (χ2v) is 7.82. The van der Waals surface area contributed by atoms with Crippen LogP contribution in [0.5, 0.6) is 11.5 Å². The van der Waals surface area contributed by atoms with Gasteiger partial charge in [0, 0.05) is 30.5 Å². The van der Waals surface area contributed by atoms with Crippen LogP contribution in [-0.2, 0) is 18.3 Å². The fourth-order valence-corrected chi connectivity index (χ4v) is 3.41. The molecule has 0 unspecified atom stereocenters. The number of rotatable bonds is 8. The van der Waals surface area contributed by atoms with Crippen LogP contribution in [0, 0.1) is 0 Å². The summed E-state index contributed by atoms with van der Waals surface area (Å²) in [6, 6.07) is 11.7. The molecule has 0 bridgehead atoms. The topological polar surface area (TPSA) is 107 Å². The van der Waals surface area contributed by atoms with Crippen molar-refractivity contribution in [1.29, 1.82) is 0 Å². The second-order valence-electron chi connectivity index (χ2n) is 7.82. The Hall–Kier alpha value is -3.88. The molecule has 0 saturated heterocycles. The highest BCUT2D eigenvalue weighted by Gasteiger charge is 2.14. The van der Waals surface area contributed by atoms with Gasteiger partial charge < -0.3 is 14.8 Å². The Morgan fingerprint density at radius 1 is 1.19 bits per heavy atom. The standard InChI is InChI=1S/C23H26N6O3/c1-14(2)25-22(30)13-32-19-8-6-16(11-20(19)31-4)23-26-21(29(3)28-23)10-15-5-7-18-17(9-15)12-24-27-18/h5-9,11-12,14H,10,13H2,1-4H3,(H,24,27)(H,25,30). The number of carbonyl (C=O) groups is 1. The third kappa shape index (κ3) is 4.72. The third-order valence-electron chi connectivity index (χ3n) is 4.95. The fourth-order valence-electron chi connectivity index (χ4n) is 3.41. The lowest BCUT2D eigenvalue weighted by atomic mass is 10.1. The van der Waals surface area contributed by atoms with Gasteiger partial charge in [0.05, 0.1) is 18.8 Å². The molecular formula is C23H26N6O3. The highest BCUT2D eigenvalue weighted by molar-refractivity contribution is 5.78. The largest absolute Gasteiger partial charge is 0.493 e. The summed E-state index contributed by atoms with van der Waals surface area (Å²) in [5, 5.41) is 15.4. The highest BCUT2D eigenvalue weighted by Crippen LogP contribution is 2.31. The molecule has 0 spiro atoms. The van der Waals surface area contributed by atoms with Crippen LogP contribution in [0.15, 0.2) is 42.6 Å². The van der Waals surface area contributed by atoms with Gasteiger partial charge in [0.15, 0.2) is 23.9 Å². The number of carbonyl (C=O) groups excluding carboxylic acids is 1. The van der Waals surface area contributed by atoms with Gasteiger partial charge >= 0.3 is 0 Å². The van der Waals surface area contributed by atoms with Gasteiger partial charge in [-0.3, -0.25) is 14.6 Å². The number of nitrogens with zero attached hydrogens (tertiary/aromatic N) is 4. The van der Waals surface area contributed by atoms with Gasteiger partial charge in [0.2, 0.25) is 0 Å². The maximum absolute atomic E-state index is 11.9. The van der Waals surface area contributed by atoms with Crippen LogP contribution < -0.4 is 14.8 Å². The maximum atomic E-state index is 11.9.